The molecule has 1 N–H and O–H groups in total. The predicted molar refractivity (Wildman–Crippen MR) is 56.5 cm³/mol. The fraction of sp³-hybridized carbons (Fsp3) is 0.0909. The van der Waals surface area contributed by atoms with E-state index in [1.165, 1.54) is 7.05 Å². The summed E-state index contributed by atoms with van der Waals surface area (Å²) in [6.45, 7) is 0. The molecule has 0 fully saturated rings. The van der Waals surface area contributed by atoms with Gasteiger partial charge >= 0.3 is 5.97 Å². The van der Waals surface area contributed by atoms with Gasteiger partial charge < -0.3 is 10.0 Å². The lowest BCUT2D eigenvalue weighted by Gasteiger charge is -2.15. The van der Waals surface area contributed by atoms with Crippen molar-refractivity contribution in [1.29, 1.82) is 0 Å². The summed E-state index contributed by atoms with van der Waals surface area (Å²) in [5, 5.41) is 8.32. The zero-order valence-electron chi connectivity index (χ0n) is 8.85. The molecule has 0 saturated heterocycles. The molecule has 0 aromatic heterocycles. The highest BCUT2D eigenvalue weighted by Gasteiger charge is 2.13. The average molecular weight is 241 g/mol. The number of carboxylic acids is 1. The first kappa shape index (κ1) is 12.8. The van der Waals surface area contributed by atoms with E-state index in [0.717, 1.165) is 29.2 Å². The molecule has 0 aliphatic carbocycles. The molecule has 6 heteroatoms. The SMILES string of the molecule is CN(C(=O)/C=C/C(=O)O)c1cc(F)ccc1F. The van der Waals surface area contributed by atoms with E-state index in [-0.39, 0.29) is 5.69 Å². The van der Waals surface area contributed by atoms with E-state index in [9.17, 15) is 18.4 Å². The van der Waals surface area contributed by atoms with Crippen molar-refractivity contribution in [3.8, 4) is 0 Å². The van der Waals surface area contributed by atoms with Crippen molar-refractivity contribution in [3.63, 3.8) is 0 Å². The number of rotatable bonds is 3. The Kier molecular flexibility index (Phi) is 3.92. The molecule has 0 aliphatic heterocycles. The molecular formula is C11H9F2NO3. The number of amides is 1. The molecule has 0 atom stereocenters. The van der Waals surface area contributed by atoms with Gasteiger partial charge in [-0.15, -0.1) is 0 Å². The van der Waals surface area contributed by atoms with Crippen LogP contribution in [0.3, 0.4) is 0 Å². The van der Waals surface area contributed by atoms with Crippen LogP contribution in [-0.2, 0) is 9.59 Å². The fourth-order valence-electron chi connectivity index (χ4n) is 1.12. The van der Waals surface area contributed by atoms with E-state index < -0.39 is 23.5 Å². The standard InChI is InChI=1S/C11H9F2NO3/c1-14(10(15)4-5-11(16)17)9-6-7(12)2-3-8(9)13/h2-6H,1H3,(H,16,17)/b5-4+. The second-order valence-corrected chi connectivity index (χ2v) is 3.16. The van der Waals surface area contributed by atoms with Crippen molar-refractivity contribution < 1.29 is 23.5 Å². The monoisotopic (exact) mass is 241 g/mol. The van der Waals surface area contributed by atoms with E-state index in [1.807, 2.05) is 0 Å². The topological polar surface area (TPSA) is 57.6 Å². The van der Waals surface area contributed by atoms with Gasteiger partial charge in [-0.3, -0.25) is 4.79 Å². The lowest BCUT2D eigenvalue weighted by atomic mass is 10.2. The molecule has 17 heavy (non-hydrogen) atoms. The first-order chi connectivity index (χ1) is 7.91. The van der Waals surface area contributed by atoms with Gasteiger partial charge in [-0.25, -0.2) is 13.6 Å². The smallest absolute Gasteiger partial charge is 0.328 e. The van der Waals surface area contributed by atoms with E-state index in [4.69, 9.17) is 5.11 Å². The minimum atomic E-state index is -1.30. The second-order valence-electron chi connectivity index (χ2n) is 3.16. The van der Waals surface area contributed by atoms with Crippen LogP contribution in [0, 0.1) is 11.6 Å². The molecule has 4 nitrogen and oxygen atoms in total. The molecule has 0 heterocycles. The van der Waals surface area contributed by atoms with Crippen LogP contribution in [0.1, 0.15) is 0 Å². The van der Waals surface area contributed by atoms with Crippen molar-refractivity contribution >= 4 is 17.6 Å². The van der Waals surface area contributed by atoms with Gasteiger partial charge in [0.2, 0.25) is 0 Å². The lowest BCUT2D eigenvalue weighted by Crippen LogP contribution is -2.25. The zero-order valence-corrected chi connectivity index (χ0v) is 8.85. The van der Waals surface area contributed by atoms with Crippen LogP contribution >= 0.6 is 0 Å². The normalized spacial score (nSPS) is 10.5. The van der Waals surface area contributed by atoms with E-state index in [0.29, 0.717) is 6.08 Å². The van der Waals surface area contributed by atoms with Crippen LogP contribution in [0.25, 0.3) is 0 Å². The number of benzene rings is 1. The Bertz CT molecular complexity index is 486. The lowest BCUT2D eigenvalue weighted by molar-refractivity contribution is -0.131. The third-order valence-corrected chi connectivity index (χ3v) is 1.97. The highest BCUT2D eigenvalue weighted by atomic mass is 19.1. The maximum Gasteiger partial charge on any atom is 0.328 e. The molecule has 1 amide bonds. The molecule has 0 saturated carbocycles. The summed E-state index contributed by atoms with van der Waals surface area (Å²) >= 11 is 0. The summed E-state index contributed by atoms with van der Waals surface area (Å²) in [7, 11) is 1.21. The summed E-state index contributed by atoms with van der Waals surface area (Å²) in [5.74, 6) is -3.53. The van der Waals surface area contributed by atoms with Gasteiger partial charge in [-0.1, -0.05) is 0 Å². The van der Waals surface area contributed by atoms with Gasteiger partial charge in [0.05, 0.1) is 5.69 Å². The van der Waals surface area contributed by atoms with Crippen molar-refractivity contribution in [1.82, 2.24) is 0 Å². The number of likely N-dealkylation sites (N-methyl/N-ethyl adjacent to an activating group) is 1. The fourth-order valence-corrected chi connectivity index (χ4v) is 1.12. The average Bonchev–Trinajstić information content (AvgIpc) is 2.28. The molecular weight excluding hydrogens is 232 g/mol. The zero-order chi connectivity index (χ0) is 13.0. The first-order valence-electron chi connectivity index (χ1n) is 4.55. The minimum Gasteiger partial charge on any atom is -0.478 e. The number of hydrogen-bond acceptors (Lipinski definition) is 2. The highest BCUT2D eigenvalue weighted by Crippen LogP contribution is 2.19. The largest absolute Gasteiger partial charge is 0.478 e. The van der Waals surface area contributed by atoms with Crippen LogP contribution in [0.4, 0.5) is 14.5 Å². The number of hydrogen-bond donors (Lipinski definition) is 1. The first-order valence-corrected chi connectivity index (χ1v) is 4.55. The Morgan fingerprint density at radius 1 is 1.29 bits per heavy atom. The summed E-state index contributed by atoms with van der Waals surface area (Å²) in [6, 6.07) is 2.65. The quantitative estimate of drug-likeness (QED) is 0.817. The Labute approximate surface area is 95.8 Å². The Hall–Kier alpha value is -2.24. The number of carbonyl (C=O) groups is 2. The van der Waals surface area contributed by atoms with Gasteiger partial charge in [0.15, 0.2) is 0 Å². The maximum absolute atomic E-state index is 13.3. The molecule has 1 aromatic carbocycles. The third-order valence-electron chi connectivity index (χ3n) is 1.97. The molecule has 0 spiro atoms. The summed E-state index contributed by atoms with van der Waals surface area (Å²) in [4.78, 5) is 22.4. The third kappa shape index (κ3) is 3.37. The molecule has 90 valence electrons. The van der Waals surface area contributed by atoms with Crippen molar-refractivity contribution in [2.75, 3.05) is 11.9 Å². The maximum atomic E-state index is 13.3. The molecule has 0 bridgehead atoms. The molecule has 0 unspecified atom stereocenters. The molecule has 1 aromatic rings. The molecule has 0 aliphatic rings. The summed E-state index contributed by atoms with van der Waals surface area (Å²) in [5.41, 5.74) is -0.259. The van der Waals surface area contributed by atoms with Gasteiger partial charge in [0.1, 0.15) is 11.6 Å². The van der Waals surface area contributed by atoms with Crippen LogP contribution < -0.4 is 4.90 Å². The molecule has 0 radical (unpaired) electrons. The van der Waals surface area contributed by atoms with E-state index in [1.54, 1.807) is 0 Å². The molecule has 1 rings (SSSR count). The number of anilines is 1. The van der Waals surface area contributed by atoms with Crippen molar-refractivity contribution in [3.05, 3.63) is 42.0 Å². The Morgan fingerprint density at radius 2 is 1.94 bits per heavy atom. The van der Waals surface area contributed by atoms with Crippen LogP contribution in [-0.4, -0.2) is 24.0 Å². The number of halogens is 2. The minimum absolute atomic E-state index is 0.259. The second kappa shape index (κ2) is 5.20. The van der Waals surface area contributed by atoms with Crippen LogP contribution in [0.15, 0.2) is 30.4 Å². The summed E-state index contributed by atoms with van der Waals surface area (Å²) < 4.78 is 26.1. The summed E-state index contributed by atoms with van der Waals surface area (Å²) in [6.07, 6.45) is 1.38. The van der Waals surface area contributed by atoms with E-state index >= 15 is 0 Å². The van der Waals surface area contributed by atoms with Crippen molar-refractivity contribution in [2.24, 2.45) is 0 Å². The predicted octanol–water partition coefficient (Wildman–Crippen LogP) is 1.57. The van der Waals surface area contributed by atoms with Gasteiger partial charge in [0, 0.05) is 25.3 Å². The Morgan fingerprint density at radius 3 is 2.53 bits per heavy atom. The Balaban J connectivity index is 2.96. The van der Waals surface area contributed by atoms with Gasteiger partial charge in [-0.2, -0.15) is 0 Å². The van der Waals surface area contributed by atoms with Crippen molar-refractivity contribution in [2.45, 2.75) is 0 Å². The number of carbonyl (C=O) groups excluding carboxylic acids is 1. The number of nitrogens with zero attached hydrogens (tertiary/aromatic N) is 1. The van der Waals surface area contributed by atoms with E-state index in [2.05, 4.69) is 0 Å². The van der Waals surface area contributed by atoms with Gasteiger partial charge in [-0.05, 0) is 12.1 Å². The van der Waals surface area contributed by atoms with Crippen LogP contribution in [0.5, 0.6) is 0 Å². The van der Waals surface area contributed by atoms with Gasteiger partial charge in [0.25, 0.3) is 5.91 Å². The number of carboxylic acid groups (broad SMARTS) is 1. The van der Waals surface area contributed by atoms with Crippen LogP contribution in [0.2, 0.25) is 0 Å². The highest BCUT2D eigenvalue weighted by molar-refractivity contribution is 6.03. The number of aliphatic carboxylic acids is 1.